The van der Waals surface area contributed by atoms with E-state index in [-0.39, 0.29) is 0 Å². The Bertz CT molecular complexity index is 549. The lowest BCUT2D eigenvalue weighted by atomic mass is 10.1. The van der Waals surface area contributed by atoms with Crippen molar-refractivity contribution >= 4 is 11.6 Å². The average molecular weight is 264 g/mol. The van der Waals surface area contributed by atoms with Crippen LogP contribution in [0.5, 0.6) is 0 Å². The van der Waals surface area contributed by atoms with Crippen molar-refractivity contribution in [3.63, 3.8) is 0 Å². The van der Waals surface area contributed by atoms with Crippen LogP contribution in [0.15, 0.2) is 34.9 Å². The third kappa shape index (κ3) is 2.41. The van der Waals surface area contributed by atoms with Gasteiger partial charge in [-0.1, -0.05) is 23.7 Å². The molecule has 0 saturated carbocycles. The standard InChI is InChI=1S/C13H14ClN3O/c14-10-3-1-2-9(4-10)12-5-16-13(18-12)8-17-6-11(15)7-17/h1-5,11H,6-8,15H2. The molecular weight excluding hydrogens is 250 g/mol. The van der Waals surface area contributed by atoms with Crippen LogP contribution >= 0.6 is 11.6 Å². The Balaban J connectivity index is 1.73. The van der Waals surface area contributed by atoms with Crippen LogP contribution < -0.4 is 5.73 Å². The lowest BCUT2D eigenvalue weighted by Gasteiger charge is -2.35. The molecule has 0 spiro atoms. The van der Waals surface area contributed by atoms with E-state index >= 15 is 0 Å². The maximum absolute atomic E-state index is 5.95. The van der Waals surface area contributed by atoms with Gasteiger partial charge in [0.15, 0.2) is 5.76 Å². The number of halogens is 1. The first-order chi connectivity index (χ1) is 8.70. The third-order valence-corrected chi connectivity index (χ3v) is 3.24. The second-order valence-corrected chi connectivity index (χ2v) is 5.02. The van der Waals surface area contributed by atoms with Crippen molar-refractivity contribution in [2.45, 2.75) is 12.6 Å². The van der Waals surface area contributed by atoms with Crippen molar-refractivity contribution in [1.29, 1.82) is 0 Å². The summed E-state index contributed by atoms with van der Waals surface area (Å²) in [6.45, 7) is 2.54. The first-order valence-corrected chi connectivity index (χ1v) is 6.27. The molecule has 1 aliphatic heterocycles. The van der Waals surface area contributed by atoms with E-state index < -0.39 is 0 Å². The van der Waals surface area contributed by atoms with E-state index in [0.717, 1.165) is 30.3 Å². The van der Waals surface area contributed by atoms with Crippen LogP contribution in [0.25, 0.3) is 11.3 Å². The van der Waals surface area contributed by atoms with Gasteiger partial charge in [0.25, 0.3) is 0 Å². The van der Waals surface area contributed by atoms with Crippen LogP contribution in [0.1, 0.15) is 5.89 Å². The molecule has 0 unspecified atom stereocenters. The van der Waals surface area contributed by atoms with Gasteiger partial charge in [-0.15, -0.1) is 0 Å². The lowest BCUT2D eigenvalue weighted by molar-refractivity contribution is 0.129. The number of nitrogens with zero attached hydrogens (tertiary/aromatic N) is 2. The van der Waals surface area contributed by atoms with E-state index in [9.17, 15) is 0 Å². The maximum Gasteiger partial charge on any atom is 0.209 e. The number of aromatic nitrogens is 1. The SMILES string of the molecule is NC1CN(Cc2ncc(-c3cccc(Cl)c3)o2)C1. The molecule has 2 aromatic rings. The summed E-state index contributed by atoms with van der Waals surface area (Å²) in [7, 11) is 0. The third-order valence-electron chi connectivity index (χ3n) is 3.01. The van der Waals surface area contributed by atoms with Crippen LogP contribution in [0.3, 0.4) is 0 Å². The molecule has 18 heavy (non-hydrogen) atoms. The minimum absolute atomic E-state index is 0.298. The Morgan fingerprint density at radius 2 is 2.28 bits per heavy atom. The molecule has 1 saturated heterocycles. The Hall–Kier alpha value is -1.36. The highest BCUT2D eigenvalue weighted by Crippen LogP contribution is 2.24. The number of likely N-dealkylation sites (tertiary alicyclic amines) is 1. The summed E-state index contributed by atoms with van der Waals surface area (Å²) in [5.41, 5.74) is 6.67. The lowest BCUT2D eigenvalue weighted by Crippen LogP contribution is -2.54. The Morgan fingerprint density at radius 3 is 3.00 bits per heavy atom. The number of hydrogen-bond acceptors (Lipinski definition) is 4. The fourth-order valence-corrected chi connectivity index (χ4v) is 2.28. The predicted octanol–water partition coefficient (Wildman–Crippen LogP) is 2.14. The fraction of sp³-hybridized carbons (Fsp3) is 0.308. The number of oxazole rings is 1. The average Bonchev–Trinajstić information content (AvgIpc) is 2.76. The van der Waals surface area contributed by atoms with Crippen molar-refractivity contribution < 1.29 is 4.42 Å². The molecule has 0 radical (unpaired) electrons. The highest BCUT2D eigenvalue weighted by Gasteiger charge is 2.24. The van der Waals surface area contributed by atoms with Crippen LogP contribution in [0.4, 0.5) is 0 Å². The van der Waals surface area contributed by atoms with Crippen LogP contribution in [0.2, 0.25) is 5.02 Å². The van der Waals surface area contributed by atoms with Crippen molar-refractivity contribution in [2.24, 2.45) is 5.73 Å². The van der Waals surface area contributed by atoms with E-state index in [4.69, 9.17) is 21.8 Å². The summed E-state index contributed by atoms with van der Waals surface area (Å²) in [5.74, 6) is 1.47. The molecule has 1 aromatic heterocycles. The van der Waals surface area contributed by atoms with E-state index in [0.29, 0.717) is 17.6 Å². The van der Waals surface area contributed by atoms with Gasteiger partial charge in [0.05, 0.1) is 12.7 Å². The minimum atomic E-state index is 0.298. The van der Waals surface area contributed by atoms with Gasteiger partial charge < -0.3 is 10.2 Å². The van der Waals surface area contributed by atoms with Gasteiger partial charge in [-0.3, -0.25) is 4.90 Å². The first-order valence-electron chi connectivity index (χ1n) is 5.89. The molecule has 1 fully saturated rings. The molecule has 0 bridgehead atoms. The highest BCUT2D eigenvalue weighted by atomic mass is 35.5. The maximum atomic E-state index is 5.95. The van der Waals surface area contributed by atoms with Gasteiger partial charge in [0.1, 0.15) is 0 Å². The zero-order valence-electron chi connectivity index (χ0n) is 9.84. The summed E-state index contributed by atoms with van der Waals surface area (Å²) in [6.07, 6.45) is 1.74. The minimum Gasteiger partial charge on any atom is -0.439 e. The van der Waals surface area contributed by atoms with Crippen molar-refractivity contribution in [3.8, 4) is 11.3 Å². The molecule has 94 valence electrons. The monoisotopic (exact) mass is 263 g/mol. The van der Waals surface area contributed by atoms with E-state index in [1.165, 1.54) is 0 Å². The van der Waals surface area contributed by atoms with Crippen LogP contribution in [-0.2, 0) is 6.54 Å². The zero-order valence-corrected chi connectivity index (χ0v) is 10.6. The molecule has 2 heterocycles. The second-order valence-electron chi connectivity index (χ2n) is 4.58. The first kappa shape index (κ1) is 11.7. The number of hydrogen-bond donors (Lipinski definition) is 1. The quantitative estimate of drug-likeness (QED) is 0.922. The van der Waals surface area contributed by atoms with Gasteiger partial charge in [-0.2, -0.15) is 0 Å². The van der Waals surface area contributed by atoms with Gasteiger partial charge >= 0.3 is 0 Å². The molecule has 0 aliphatic carbocycles. The zero-order chi connectivity index (χ0) is 12.5. The highest BCUT2D eigenvalue weighted by molar-refractivity contribution is 6.30. The summed E-state index contributed by atoms with van der Waals surface area (Å²) in [5, 5.41) is 0.694. The molecule has 0 amide bonds. The molecule has 1 aromatic carbocycles. The van der Waals surface area contributed by atoms with Gasteiger partial charge in [0.2, 0.25) is 5.89 Å². The van der Waals surface area contributed by atoms with E-state index in [1.807, 2.05) is 24.3 Å². The van der Waals surface area contributed by atoms with E-state index in [2.05, 4.69) is 9.88 Å². The Morgan fingerprint density at radius 1 is 1.44 bits per heavy atom. The fourth-order valence-electron chi connectivity index (χ4n) is 2.09. The number of nitrogens with two attached hydrogens (primary N) is 1. The summed E-state index contributed by atoms with van der Waals surface area (Å²) >= 11 is 5.95. The molecule has 0 atom stereocenters. The Labute approximate surface area is 110 Å². The van der Waals surface area contributed by atoms with Crippen molar-refractivity contribution in [1.82, 2.24) is 9.88 Å². The molecule has 4 nitrogen and oxygen atoms in total. The summed E-state index contributed by atoms with van der Waals surface area (Å²) < 4.78 is 5.71. The van der Waals surface area contributed by atoms with Crippen LogP contribution in [0, 0.1) is 0 Å². The van der Waals surface area contributed by atoms with Crippen LogP contribution in [-0.4, -0.2) is 29.0 Å². The molecular formula is C13H14ClN3O. The molecule has 5 heteroatoms. The summed E-state index contributed by atoms with van der Waals surface area (Å²) in [4.78, 5) is 6.48. The van der Waals surface area contributed by atoms with Gasteiger partial charge in [0, 0.05) is 29.7 Å². The normalized spacial score (nSPS) is 16.8. The largest absolute Gasteiger partial charge is 0.439 e. The molecule has 3 rings (SSSR count). The van der Waals surface area contributed by atoms with Crippen molar-refractivity contribution in [2.75, 3.05) is 13.1 Å². The second kappa shape index (κ2) is 4.72. The number of rotatable bonds is 3. The molecule has 1 aliphatic rings. The topological polar surface area (TPSA) is 55.3 Å². The summed E-state index contributed by atoms with van der Waals surface area (Å²) in [6, 6.07) is 7.85. The van der Waals surface area contributed by atoms with Gasteiger partial charge in [-0.05, 0) is 12.1 Å². The molecule has 2 N–H and O–H groups in total. The predicted molar refractivity (Wildman–Crippen MR) is 70.2 cm³/mol. The van der Waals surface area contributed by atoms with Gasteiger partial charge in [-0.25, -0.2) is 4.98 Å². The van der Waals surface area contributed by atoms with Crippen molar-refractivity contribution in [3.05, 3.63) is 41.4 Å². The Kier molecular flexibility index (Phi) is 3.07. The number of benzene rings is 1. The van der Waals surface area contributed by atoms with E-state index in [1.54, 1.807) is 6.20 Å². The smallest absolute Gasteiger partial charge is 0.209 e.